The lowest BCUT2D eigenvalue weighted by molar-refractivity contribution is 0.799. The molecule has 0 bridgehead atoms. The standard InChI is InChI=1S/C7H14N2/c1-7(2)5-4-6-9-8-3/h4-5,7,9H,3,6H2,1-2H3/b5-4-. The predicted octanol–water partition coefficient (Wildman–Crippen LogP) is 1.40. The fourth-order valence-electron chi connectivity index (χ4n) is 0.457. The Morgan fingerprint density at radius 3 is 2.78 bits per heavy atom. The van der Waals surface area contributed by atoms with Gasteiger partial charge in [0.15, 0.2) is 0 Å². The van der Waals surface area contributed by atoms with Gasteiger partial charge in [-0.3, -0.25) is 0 Å². The third kappa shape index (κ3) is 7.21. The molecule has 0 fully saturated rings. The zero-order valence-electron chi connectivity index (χ0n) is 6.09. The Labute approximate surface area is 56.7 Å². The molecule has 0 amide bonds. The third-order valence-electron chi connectivity index (χ3n) is 0.842. The van der Waals surface area contributed by atoms with Crippen LogP contribution in [0, 0.1) is 5.92 Å². The number of hydrogen-bond acceptors (Lipinski definition) is 2. The Morgan fingerprint density at radius 2 is 2.33 bits per heavy atom. The van der Waals surface area contributed by atoms with Gasteiger partial charge in [0.05, 0.1) is 6.54 Å². The number of nitrogens with one attached hydrogen (secondary N) is 1. The number of hydrazone groups is 1. The third-order valence-corrected chi connectivity index (χ3v) is 0.842. The highest BCUT2D eigenvalue weighted by molar-refractivity contribution is 5.22. The largest absolute Gasteiger partial charge is 0.307 e. The molecule has 0 saturated carbocycles. The lowest BCUT2D eigenvalue weighted by atomic mass is 10.2. The van der Waals surface area contributed by atoms with Crippen LogP contribution in [0.5, 0.6) is 0 Å². The maximum Gasteiger partial charge on any atom is 0.0510 e. The molecule has 0 aliphatic heterocycles. The molecule has 9 heavy (non-hydrogen) atoms. The summed E-state index contributed by atoms with van der Waals surface area (Å²) in [4.78, 5) is 0. The molecular weight excluding hydrogens is 112 g/mol. The fourth-order valence-corrected chi connectivity index (χ4v) is 0.457. The predicted molar refractivity (Wildman–Crippen MR) is 41.5 cm³/mol. The van der Waals surface area contributed by atoms with Crippen molar-refractivity contribution in [3.05, 3.63) is 12.2 Å². The molecule has 2 nitrogen and oxygen atoms in total. The molecule has 0 spiro atoms. The fraction of sp³-hybridized carbons (Fsp3) is 0.571. The van der Waals surface area contributed by atoms with Crippen molar-refractivity contribution in [3.8, 4) is 0 Å². The first-order valence-electron chi connectivity index (χ1n) is 3.12. The topological polar surface area (TPSA) is 24.4 Å². The van der Waals surface area contributed by atoms with Crippen LogP contribution in [0.3, 0.4) is 0 Å². The first kappa shape index (κ1) is 8.21. The van der Waals surface area contributed by atoms with Crippen molar-refractivity contribution in [3.63, 3.8) is 0 Å². The molecule has 0 saturated heterocycles. The van der Waals surface area contributed by atoms with Crippen molar-refractivity contribution in [2.75, 3.05) is 6.54 Å². The van der Waals surface area contributed by atoms with Crippen LogP contribution in [-0.4, -0.2) is 13.3 Å². The Bertz CT molecular complexity index is 95.1. The molecule has 0 radical (unpaired) electrons. The number of hydrogen-bond donors (Lipinski definition) is 1. The van der Waals surface area contributed by atoms with Crippen LogP contribution in [0.4, 0.5) is 0 Å². The minimum Gasteiger partial charge on any atom is -0.307 e. The van der Waals surface area contributed by atoms with Gasteiger partial charge in [0, 0.05) is 6.72 Å². The van der Waals surface area contributed by atoms with Gasteiger partial charge >= 0.3 is 0 Å². The van der Waals surface area contributed by atoms with Crippen LogP contribution >= 0.6 is 0 Å². The summed E-state index contributed by atoms with van der Waals surface area (Å²) in [6, 6.07) is 0. The van der Waals surface area contributed by atoms with Gasteiger partial charge in [-0.15, -0.1) is 0 Å². The van der Waals surface area contributed by atoms with Gasteiger partial charge in [0.1, 0.15) is 0 Å². The summed E-state index contributed by atoms with van der Waals surface area (Å²) >= 11 is 0. The van der Waals surface area contributed by atoms with Crippen molar-refractivity contribution in [1.82, 2.24) is 5.43 Å². The first-order chi connectivity index (χ1) is 4.27. The van der Waals surface area contributed by atoms with E-state index in [2.05, 4.69) is 37.2 Å². The summed E-state index contributed by atoms with van der Waals surface area (Å²) in [6.07, 6.45) is 4.16. The highest BCUT2D eigenvalue weighted by atomic mass is 15.3. The summed E-state index contributed by atoms with van der Waals surface area (Å²) in [7, 11) is 0. The first-order valence-corrected chi connectivity index (χ1v) is 3.12. The van der Waals surface area contributed by atoms with Gasteiger partial charge in [-0.25, -0.2) is 0 Å². The van der Waals surface area contributed by atoms with Gasteiger partial charge in [0.2, 0.25) is 0 Å². The molecule has 1 N–H and O–H groups in total. The Morgan fingerprint density at radius 1 is 1.67 bits per heavy atom. The summed E-state index contributed by atoms with van der Waals surface area (Å²) in [6.45, 7) is 8.34. The summed E-state index contributed by atoms with van der Waals surface area (Å²) in [5.74, 6) is 0.622. The van der Waals surface area contributed by atoms with Crippen molar-refractivity contribution in [2.45, 2.75) is 13.8 Å². The van der Waals surface area contributed by atoms with Crippen molar-refractivity contribution in [2.24, 2.45) is 11.0 Å². The van der Waals surface area contributed by atoms with Crippen LogP contribution in [0.2, 0.25) is 0 Å². The normalized spacial score (nSPS) is 10.6. The number of allylic oxidation sites excluding steroid dienone is 1. The monoisotopic (exact) mass is 126 g/mol. The summed E-state index contributed by atoms with van der Waals surface area (Å²) < 4.78 is 0. The Kier molecular flexibility index (Phi) is 4.88. The van der Waals surface area contributed by atoms with Crippen LogP contribution < -0.4 is 5.43 Å². The van der Waals surface area contributed by atoms with Crippen LogP contribution in [0.15, 0.2) is 17.3 Å². The lowest BCUT2D eigenvalue weighted by Crippen LogP contribution is -2.02. The van der Waals surface area contributed by atoms with E-state index in [1.165, 1.54) is 0 Å². The molecule has 0 aliphatic carbocycles. The minimum atomic E-state index is 0.622. The second-order valence-corrected chi connectivity index (χ2v) is 2.19. The van der Waals surface area contributed by atoms with Crippen LogP contribution in [0.1, 0.15) is 13.8 Å². The van der Waals surface area contributed by atoms with Crippen LogP contribution in [0.25, 0.3) is 0 Å². The highest BCUT2D eigenvalue weighted by Crippen LogP contribution is 1.91. The minimum absolute atomic E-state index is 0.622. The maximum absolute atomic E-state index is 3.48. The summed E-state index contributed by atoms with van der Waals surface area (Å²) in [5.41, 5.74) is 2.73. The van der Waals surface area contributed by atoms with Crippen LogP contribution in [-0.2, 0) is 0 Å². The van der Waals surface area contributed by atoms with E-state index >= 15 is 0 Å². The van der Waals surface area contributed by atoms with E-state index in [9.17, 15) is 0 Å². The number of rotatable bonds is 4. The van der Waals surface area contributed by atoms with Crippen molar-refractivity contribution < 1.29 is 0 Å². The highest BCUT2D eigenvalue weighted by Gasteiger charge is 1.80. The van der Waals surface area contributed by atoms with Crippen molar-refractivity contribution >= 4 is 6.72 Å². The lowest BCUT2D eigenvalue weighted by Gasteiger charge is -1.93. The molecule has 0 aromatic rings. The average molecular weight is 126 g/mol. The molecule has 0 atom stereocenters. The van der Waals surface area contributed by atoms with Gasteiger partial charge in [-0.1, -0.05) is 26.0 Å². The molecule has 0 aromatic carbocycles. The Hall–Kier alpha value is -0.790. The smallest absolute Gasteiger partial charge is 0.0510 e. The van der Waals surface area contributed by atoms with E-state index in [0.29, 0.717) is 5.92 Å². The van der Waals surface area contributed by atoms with Crippen molar-refractivity contribution in [1.29, 1.82) is 0 Å². The van der Waals surface area contributed by atoms with E-state index in [1.807, 2.05) is 6.08 Å². The van der Waals surface area contributed by atoms with E-state index < -0.39 is 0 Å². The zero-order chi connectivity index (χ0) is 7.11. The molecule has 0 heterocycles. The molecule has 0 rings (SSSR count). The molecule has 2 heteroatoms. The van der Waals surface area contributed by atoms with E-state index in [-0.39, 0.29) is 0 Å². The van der Waals surface area contributed by atoms with Gasteiger partial charge in [0.25, 0.3) is 0 Å². The quantitative estimate of drug-likeness (QED) is 0.262. The van der Waals surface area contributed by atoms with E-state index in [4.69, 9.17) is 0 Å². The second kappa shape index (κ2) is 5.35. The maximum atomic E-state index is 3.48. The van der Waals surface area contributed by atoms with Gasteiger partial charge in [-0.2, -0.15) is 5.10 Å². The summed E-state index contributed by atoms with van der Waals surface area (Å²) in [5, 5.41) is 3.48. The molecule has 52 valence electrons. The molecular formula is C7H14N2. The van der Waals surface area contributed by atoms with Gasteiger partial charge < -0.3 is 5.43 Å². The second-order valence-electron chi connectivity index (χ2n) is 2.19. The van der Waals surface area contributed by atoms with E-state index in [1.54, 1.807) is 0 Å². The molecule has 0 aliphatic rings. The zero-order valence-corrected chi connectivity index (χ0v) is 6.09. The van der Waals surface area contributed by atoms with E-state index in [0.717, 1.165) is 6.54 Å². The number of nitrogens with zero attached hydrogens (tertiary/aromatic N) is 1. The molecule has 0 aromatic heterocycles. The van der Waals surface area contributed by atoms with Gasteiger partial charge in [-0.05, 0) is 5.92 Å². The molecule has 0 unspecified atom stereocenters. The Balaban J connectivity index is 3.14. The SMILES string of the molecule is C=NNC/C=C\C(C)C. The average Bonchev–Trinajstić information content (AvgIpc) is 1.80.